The number of benzene rings is 4. The first-order chi connectivity index (χ1) is 20.5. The van der Waals surface area contributed by atoms with Crippen LogP contribution in [0.2, 0.25) is 0 Å². The summed E-state index contributed by atoms with van der Waals surface area (Å²) in [7, 11) is 0. The molecule has 1 spiro atoms. The fourth-order valence-corrected chi connectivity index (χ4v) is 7.18. The Kier molecular flexibility index (Phi) is 5.19. The molecule has 4 aromatic carbocycles. The number of ether oxygens (including phenoxy) is 2. The Morgan fingerprint density at radius 3 is 2.45 bits per heavy atom. The highest BCUT2D eigenvalue weighted by Gasteiger charge is 2.70. The molecule has 7 nitrogen and oxygen atoms in total. The monoisotopic (exact) mass is 558 g/mol. The summed E-state index contributed by atoms with van der Waals surface area (Å²) in [6.45, 7) is 0.0515. The molecule has 4 atom stereocenters. The SMILES string of the molecule is O=C(c1ccc(F)cc1)[C@@H]1[C@H](C(=O)c2ccc3c(c2)OCO3)N2C=Cc3ccccc3[C@H]2[C@]12C(=O)Nc1ccccc12. The van der Waals surface area contributed by atoms with Crippen LogP contribution in [0.15, 0.2) is 97.2 Å². The predicted octanol–water partition coefficient (Wildman–Crippen LogP) is 5.54. The number of carbonyl (C=O) groups is 3. The van der Waals surface area contributed by atoms with E-state index >= 15 is 0 Å². The van der Waals surface area contributed by atoms with Gasteiger partial charge in [0.15, 0.2) is 23.1 Å². The van der Waals surface area contributed by atoms with Crippen LogP contribution in [0.4, 0.5) is 10.1 Å². The molecule has 1 amide bonds. The van der Waals surface area contributed by atoms with Crippen LogP contribution in [0, 0.1) is 11.7 Å². The molecule has 4 heterocycles. The first kappa shape index (κ1) is 24.5. The van der Waals surface area contributed by atoms with Crippen molar-refractivity contribution in [3.05, 3.63) is 131 Å². The summed E-state index contributed by atoms with van der Waals surface area (Å²) < 4.78 is 24.9. The summed E-state index contributed by atoms with van der Waals surface area (Å²) in [5.74, 6) is -1.77. The number of anilines is 1. The standard InChI is InChI=1S/C34H23FN2O5/c35-22-12-9-20(10-13-22)30(38)28-29(31(39)21-11-14-26-27(17-21)42-18-41-26)37-16-15-19-5-1-2-6-23(19)32(37)34(28)24-7-3-4-8-25(24)36-33(34)40/h1-17,28-29,32H,18H2,(H,36,40)/t28-,29+,32-,34+/m0/s1. The molecule has 4 aliphatic rings. The van der Waals surface area contributed by atoms with E-state index < -0.39 is 35.0 Å². The fraction of sp³-hybridized carbons (Fsp3) is 0.147. The topological polar surface area (TPSA) is 84.9 Å². The van der Waals surface area contributed by atoms with Crippen LogP contribution >= 0.6 is 0 Å². The second-order valence-electron chi connectivity index (χ2n) is 10.9. The summed E-state index contributed by atoms with van der Waals surface area (Å²) >= 11 is 0. The van der Waals surface area contributed by atoms with Gasteiger partial charge in [-0.3, -0.25) is 14.4 Å². The molecule has 8 heteroatoms. The van der Waals surface area contributed by atoms with Gasteiger partial charge in [-0.05, 0) is 71.3 Å². The van der Waals surface area contributed by atoms with Gasteiger partial charge in [-0.1, -0.05) is 42.5 Å². The molecule has 4 aliphatic heterocycles. The van der Waals surface area contributed by atoms with E-state index in [1.165, 1.54) is 24.3 Å². The van der Waals surface area contributed by atoms with Gasteiger partial charge in [0, 0.05) is 23.0 Å². The van der Waals surface area contributed by atoms with Gasteiger partial charge in [0.25, 0.3) is 0 Å². The molecule has 1 saturated heterocycles. The molecule has 1 fully saturated rings. The summed E-state index contributed by atoms with van der Waals surface area (Å²) in [6.07, 6.45) is 3.72. The number of amides is 1. The number of hydrogen-bond donors (Lipinski definition) is 1. The number of halogens is 1. The van der Waals surface area contributed by atoms with Crippen molar-refractivity contribution in [2.24, 2.45) is 5.92 Å². The van der Waals surface area contributed by atoms with E-state index in [2.05, 4.69) is 5.32 Å². The second kappa shape index (κ2) is 8.88. The number of ketones is 2. The molecule has 0 radical (unpaired) electrons. The number of nitrogens with zero attached hydrogens (tertiary/aromatic N) is 1. The fourth-order valence-electron chi connectivity index (χ4n) is 7.18. The highest BCUT2D eigenvalue weighted by atomic mass is 19.1. The Bertz CT molecular complexity index is 1850. The van der Waals surface area contributed by atoms with E-state index in [9.17, 15) is 18.8 Å². The van der Waals surface area contributed by atoms with Gasteiger partial charge in [0.05, 0.1) is 12.0 Å². The zero-order chi connectivity index (χ0) is 28.6. The normalized spacial score (nSPS) is 24.3. The third-order valence-corrected chi connectivity index (χ3v) is 8.91. The molecule has 0 aromatic heterocycles. The molecule has 1 N–H and O–H groups in total. The molecular formula is C34H23FN2O5. The summed E-state index contributed by atoms with van der Waals surface area (Å²) in [5, 5.41) is 3.02. The van der Waals surface area contributed by atoms with Gasteiger partial charge in [-0.15, -0.1) is 0 Å². The van der Waals surface area contributed by atoms with E-state index in [0.717, 1.165) is 11.1 Å². The van der Waals surface area contributed by atoms with Crippen molar-refractivity contribution in [3.8, 4) is 11.5 Å². The van der Waals surface area contributed by atoms with Gasteiger partial charge in [0.2, 0.25) is 12.7 Å². The number of rotatable bonds is 4. The lowest BCUT2D eigenvalue weighted by Crippen LogP contribution is -2.49. The van der Waals surface area contributed by atoms with Gasteiger partial charge < -0.3 is 19.7 Å². The van der Waals surface area contributed by atoms with Gasteiger partial charge in [-0.2, -0.15) is 0 Å². The van der Waals surface area contributed by atoms with Crippen LogP contribution in [-0.2, 0) is 10.2 Å². The first-order valence-electron chi connectivity index (χ1n) is 13.7. The van der Waals surface area contributed by atoms with E-state index in [0.29, 0.717) is 28.3 Å². The Hall–Kier alpha value is -5.24. The van der Waals surface area contributed by atoms with Crippen molar-refractivity contribution in [2.45, 2.75) is 17.5 Å². The lowest BCUT2D eigenvalue weighted by atomic mass is 9.62. The zero-order valence-electron chi connectivity index (χ0n) is 22.1. The molecule has 0 aliphatic carbocycles. The van der Waals surface area contributed by atoms with Gasteiger partial charge in [0.1, 0.15) is 17.3 Å². The lowest BCUT2D eigenvalue weighted by molar-refractivity contribution is -0.122. The third kappa shape index (κ3) is 3.23. The largest absolute Gasteiger partial charge is 0.454 e. The van der Waals surface area contributed by atoms with Crippen molar-refractivity contribution in [1.82, 2.24) is 4.90 Å². The Labute approximate surface area is 240 Å². The van der Waals surface area contributed by atoms with E-state index in [4.69, 9.17) is 9.47 Å². The molecule has 0 bridgehead atoms. The smallest absolute Gasteiger partial charge is 0.238 e. The first-order valence-corrected chi connectivity index (χ1v) is 13.7. The number of Topliss-reactive ketones (excluding diaryl/α,β-unsaturated/α-hetero) is 2. The number of hydrogen-bond acceptors (Lipinski definition) is 6. The lowest BCUT2D eigenvalue weighted by Gasteiger charge is -2.38. The number of nitrogens with one attached hydrogen (secondary N) is 1. The van der Waals surface area contributed by atoms with Crippen LogP contribution in [0.5, 0.6) is 11.5 Å². The van der Waals surface area contributed by atoms with Crippen LogP contribution in [-0.4, -0.2) is 35.2 Å². The Morgan fingerprint density at radius 1 is 0.857 bits per heavy atom. The number of fused-ring (bicyclic) bond motifs is 7. The molecule has 42 heavy (non-hydrogen) atoms. The van der Waals surface area contributed by atoms with Gasteiger partial charge in [-0.25, -0.2) is 4.39 Å². The molecule has 0 saturated carbocycles. The van der Waals surface area contributed by atoms with Crippen LogP contribution < -0.4 is 14.8 Å². The minimum atomic E-state index is -1.46. The number of para-hydroxylation sites is 1. The average molecular weight is 559 g/mol. The van der Waals surface area contributed by atoms with Crippen molar-refractivity contribution in [3.63, 3.8) is 0 Å². The van der Waals surface area contributed by atoms with E-state index in [1.807, 2.05) is 65.7 Å². The maximum Gasteiger partial charge on any atom is 0.238 e. The van der Waals surface area contributed by atoms with Crippen LogP contribution in [0.1, 0.15) is 43.4 Å². The quantitative estimate of drug-likeness (QED) is 0.332. The Morgan fingerprint density at radius 2 is 1.60 bits per heavy atom. The predicted molar refractivity (Wildman–Crippen MR) is 152 cm³/mol. The molecule has 4 aromatic rings. The van der Waals surface area contributed by atoms with Crippen LogP contribution in [0.25, 0.3) is 6.08 Å². The average Bonchev–Trinajstić information content (AvgIpc) is 3.70. The molecule has 206 valence electrons. The highest BCUT2D eigenvalue weighted by Crippen LogP contribution is 2.62. The minimum absolute atomic E-state index is 0.0515. The minimum Gasteiger partial charge on any atom is -0.454 e. The maximum atomic E-state index is 14.7. The van der Waals surface area contributed by atoms with Crippen molar-refractivity contribution < 1.29 is 28.2 Å². The summed E-state index contributed by atoms with van der Waals surface area (Å²) in [6, 6.07) is 23.5. The van der Waals surface area contributed by atoms with Crippen LogP contribution in [0.3, 0.4) is 0 Å². The van der Waals surface area contributed by atoms with E-state index in [-0.39, 0.29) is 24.0 Å². The molecule has 0 unspecified atom stereocenters. The Balaban J connectivity index is 1.40. The third-order valence-electron chi connectivity index (χ3n) is 8.91. The number of carbonyl (C=O) groups excluding carboxylic acids is 3. The summed E-state index contributed by atoms with van der Waals surface area (Å²) in [4.78, 5) is 45.7. The molecular weight excluding hydrogens is 535 g/mol. The van der Waals surface area contributed by atoms with Gasteiger partial charge >= 0.3 is 0 Å². The van der Waals surface area contributed by atoms with E-state index in [1.54, 1.807) is 18.2 Å². The van der Waals surface area contributed by atoms with Crippen molar-refractivity contribution >= 4 is 29.2 Å². The zero-order valence-corrected chi connectivity index (χ0v) is 22.1. The maximum absolute atomic E-state index is 14.7. The van der Waals surface area contributed by atoms with Crippen molar-refractivity contribution in [1.29, 1.82) is 0 Å². The van der Waals surface area contributed by atoms with Crippen molar-refractivity contribution in [2.75, 3.05) is 12.1 Å². The second-order valence-corrected chi connectivity index (χ2v) is 10.9. The highest BCUT2D eigenvalue weighted by molar-refractivity contribution is 6.16. The molecule has 8 rings (SSSR count). The summed E-state index contributed by atoms with van der Waals surface area (Å²) in [5.41, 5.74) is 2.08.